The van der Waals surface area contributed by atoms with Crippen LogP contribution in [0.4, 0.5) is 17.6 Å². The number of nitrogens with two attached hydrogens (primary N) is 1. The number of hydrogen-bond donors (Lipinski definition) is 2. The zero-order valence-corrected chi connectivity index (χ0v) is 15.7. The van der Waals surface area contributed by atoms with Gasteiger partial charge in [-0.25, -0.2) is 0 Å². The van der Waals surface area contributed by atoms with Crippen LogP contribution in [0, 0.1) is 5.92 Å². The fraction of sp³-hybridized carbons (Fsp3) is 0.444. The van der Waals surface area contributed by atoms with Crippen molar-refractivity contribution in [2.75, 3.05) is 29.9 Å². The summed E-state index contributed by atoms with van der Waals surface area (Å²) in [6.07, 6.45) is 2.30. The highest BCUT2D eigenvalue weighted by molar-refractivity contribution is 7.99. The maximum Gasteiger partial charge on any atom is 0.232 e. The summed E-state index contributed by atoms with van der Waals surface area (Å²) in [4.78, 5) is 27.0. The van der Waals surface area contributed by atoms with Gasteiger partial charge in [0.15, 0.2) is 0 Å². The van der Waals surface area contributed by atoms with Crippen LogP contribution in [0.15, 0.2) is 30.3 Å². The van der Waals surface area contributed by atoms with Crippen LogP contribution in [0.5, 0.6) is 0 Å². The van der Waals surface area contributed by atoms with Crippen molar-refractivity contribution in [3.8, 4) is 0 Å². The predicted octanol–water partition coefficient (Wildman–Crippen LogP) is 2.69. The quantitative estimate of drug-likeness (QED) is 0.804. The first-order valence-corrected chi connectivity index (χ1v) is 9.93. The van der Waals surface area contributed by atoms with Gasteiger partial charge in [0.25, 0.3) is 0 Å². The van der Waals surface area contributed by atoms with Crippen LogP contribution in [0.1, 0.15) is 25.6 Å². The van der Waals surface area contributed by atoms with Gasteiger partial charge < -0.3 is 16.0 Å². The molecule has 1 aromatic heterocycles. The van der Waals surface area contributed by atoms with Gasteiger partial charge in [-0.3, -0.25) is 4.79 Å². The Hall–Kier alpha value is -2.35. The van der Waals surface area contributed by atoms with Crippen LogP contribution in [0.25, 0.3) is 0 Å². The van der Waals surface area contributed by atoms with E-state index < -0.39 is 0 Å². The number of thioether (sulfide) groups is 1. The number of carbonyl (C=O) groups is 1. The number of amides is 1. The number of aromatic nitrogens is 3. The smallest absolute Gasteiger partial charge is 0.232 e. The fourth-order valence-corrected chi connectivity index (χ4v) is 3.72. The number of benzene rings is 1. The van der Waals surface area contributed by atoms with Crippen LogP contribution in [0.3, 0.4) is 0 Å². The van der Waals surface area contributed by atoms with Gasteiger partial charge in [-0.15, -0.1) is 11.8 Å². The summed E-state index contributed by atoms with van der Waals surface area (Å²) in [6, 6.07) is 9.64. The largest absolute Gasteiger partial charge is 0.368 e. The van der Waals surface area contributed by atoms with Gasteiger partial charge in [-0.1, -0.05) is 25.1 Å². The van der Waals surface area contributed by atoms with E-state index in [9.17, 15) is 4.79 Å². The van der Waals surface area contributed by atoms with Crippen molar-refractivity contribution < 1.29 is 4.79 Å². The van der Waals surface area contributed by atoms with Crippen molar-refractivity contribution in [2.24, 2.45) is 5.92 Å². The molecule has 1 saturated heterocycles. The number of hydrogen-bond acceptors (Lipinski definition) is 7. The molecule has 0 radical (unpaired) electrons. The number of likely N-dealkylation sites (tertiary alicyclic amines) is 1. The third kappa shape index (κ3) is 5.32. The molecular formula is C18H24N6OS. The highest BCUT2D eigenvalue weighted by Crippen LogP contribution is 2.18. The molecule has 0 aliphatic carbocycles. The number of carbonyl (C=O) groups excluding carboxylic acids is 1. The van der Waals surface area contributed by atoms with Gasteiger partial charge in [-0.05, 0) is 30.9 Å². The molecule has 3 rings (SSSR count). The van der Waals surface area contributed by atoms with E-state index in [1.807, 2.05) is 35.2 Å². The Labute approximate surface area is 157 Å². The minimum absolute atomic E-state index is 0.171. The summed E-state index contributed by atoms with van der Waals surface area (Å²) in [5, 5.41) is 3.11. The predicted molar refractivity (Wildman–Crippen MR) is 105 cm³/mol. The van der Waals surface area contributed by atoms with Crippen molar-refractivity contribution >= 4 is 35.3 Å². The fourth-order valence-electron chi connectivity index (χ4n) is 2.95. The van der Waals surface area contributed by atoms with Crippen molar-refractivity contribution in [3.63, 3.8) is 0 Å². The average Bonchev–Trinajstić information content (AvgIpc) is 2.62. The average molecular weight is 372 g/mol. The minimum Gasteiger partial charge on any atom is -0.368 e. The molecule has 0 spiro atoms. The number of piperidine rings is 1. The molecule has 1 aromatic carbocycles. The molecule has 1 aliphatic rings. The van der Waals surface area contributed by atoms with E-state index in [4.69, 9.17) is 5.73 Å². The molecule has 7 nitrogen and oxygen atoms in total. The van der Waals surface area contributed by atoms with E-state index in [1.165, 1.54) is 18.2 Å². The van der Waals surface area contributed by atoms with E-state index in [0.29, 0.717) is 29.2 Å². The highest BCUT2D eigenvalue weighted by Gasteiger charge is 2.20. The molecule has 1 atom stereocenters. The van der Waals surface area contributed by atoms with Gasteiger partial charge >= 0.3 is 0 Å². The SMILES string of the molecule is C[C@@H]1CCCN(C(=O)CSCc2nc(N)nc(Nc3ccccc3)n2)C1. The monoisotopic (exact) mass is 372 g/mol. The Morgan fingerprint density at radius 3 is 2.88 bits per heavy atom. The first-order chi connectivity index (χ1) is 12.6. The molecule has 1 amide bonds. The summed E-state index contributed by atoms with van der Waals surface area (Å²) >= 11 is 1.51. The van der Waals surface area contributed by atoms with Crippen LogP contribution in [-0.4, -0.2) is 44.6 Å². The molecule has 1 fully saturated rings. The molecule has 26 heavy (non-hydrogen) atoms. The summed E-state index contributed by atoms with van der Waals surface area (Å²) in [6.45, 7) is 3.93. The second kappa shape index (κ2) is 8.84. The molecule has 3 N–H and O–H groups in total. The normalized spacial score (nSPS) is 17.1. The van der Waals surface area contributed by atoms with Crippen LogP contribution < -0.4 is 11.1 Å². The van der Waals surface area contributed by atoms with Crippen molar-refractivity contribution in [1.82, 2.24) is 19.9 Å². The molecule has 0 unspecified atom stereocenters. The Bertz CT molecular complexity index is 742. The van der Waals surface area contributed by atoms with Crippen LogP contribution in [0.2, 0.25) is 0 Å². The Balaban J connectivity index is 1.53. The number of para-hydroxylation sites is 1. The molecule has 138 valence electrons. The minimum atomic E-state index is 0.171. The van der Waals surface area contributed by atoms with E-state index in [1.54, 1.807) is 0 Å². The number of rotatable bonds is 6. The topological polar surface area (TPSA) is 97.0 Å². The Kier molecular flexibility index (Phi) is 6.27. The molecule has 8 heteroatoms. The highest BCUT2D eigenvalue weighted by atomic mass is 32.2. The summed E-state index contributed by atoms with van der Waals surface area (Å²) in [7, 11) is 0. The van der Waals surface area contributed by atoms with Gasteiger partial charge in [0.1, 0.15) is 5.82 Å². The maximum atomic E-state index is 12.3. The third-order valence-corrected chi connectivity index (χ3v) is 5.11. The first kappa shape index (κ1) is 18.4. The number of nitrogens with one attached hydrogen (secondary N) is 1. The zero-order chi connectivity index (χ0) is 18.4. The molecule has 2 heterocycles. The maximum absolute atomic E-state index is 12.3. The van der Waals surface area contributed by atoms with E-state index >= 15 is 0 Å². The van der Waals surface area contributed by atoms with E-state index in [-0.39, 0.29) is 11.9 Å². The van der Waals surface area contributed by atoms with Gasteiger partial charge in [0, 0.05) is 18.8 Å². The number of nitrogen functional groups attached to an aromatic ring is 1. The van der Waals surface area contributed by atoms with E-state index in [2.05, 4.69) is 27.2 Å². The third-order valence-electron chi connectivity index (χ3n) is 4.20. The summed E-state index contributed by atoms with van der Waals surface area (Å²) in [5.41, 5.74) is 6.67. The number of anilines is 3. The molecule has 0 bridgehead atoms. The molecular weight excluding hydrogens is 348 g/mol. The van der Waals surface area contributed by atoms with Gasteiger partial charge in [0.2, 0.25) is 17.8 Å². The Morgan fingerprint density at radius 2 is 2.12 bits per heavy atom. The lowest BCUT2D eigenvalue weighted by atomic mass is 10.0. The van der Waals surface area contributed by atoms with Crippen molar-refractivity contribution in [1.29, 1.82) is 0 Å². The lowest BCUT2D eigenvalue weighted by Crippen LogP contribution is -2.40. The summed E-state index contributed by atoms with van der Waals surface area (Å²) in [5.74, 6) is 2.88. The molecule has 1 aliphatic heterocycles. The Morgan fingerprint density at radius 1 is 1.31 bits per heavy atom. The second-order valence-corrected chi connectivity index (χ2v) is 7.49. The van der Waals surface area contributed by atoms with Crippen LogP contribution >= 0.6 is 11.8 Å². The molecule has 2 aromatic rings. The van der Waals surface area contributed by atoms with Gasteiger partial charge in [0.05, 0.1) is 11.5 Å². The standard InChI is InChI=1S/C18H24N6OS/c1-13-6-5-9-24(10-13)16(25)12-26-11-15-21-17(19)23-18(22-15)20-14-7-3-2-4-8-14/h2-4,7-8,13H,5-6,9-12H2,1H3,(H3,19,20,21,22,23)/t13-/m1/s1. The van der Waals surface area contributed by atoms with Crippen molar-refractivity contribution in [3.05, 3.63) is 36.2 Å². The van der Waals surface area contributed by atoms with Crippen LogP contribution in [-0.2, 0) is 10.5 Å². The second-order valence-electron chi connectivity index (χ2n) is 6.50. The summed E-state index contributed by atoms with van der Waals surface area (Å²) < 4.78 is 0. The van der Waals surface area contributed by atoms with E-state index in [0.717, 1.165) is 25.2 Å². The zero-order valence-electron chi connectivity index (χ0n) is 14.9. The van der Waals surface area contributed by atoms with Crippen molar-refractivity contribution in [2.45, 2.75) is 25.5 Å². The lowest BCUT2D eigenvalue weighted by Gasteiger charge is -2.30. The molecule has 0 saturated carbocycles. The lowest BCUT2D eigenvalue weighted by molar-refractivity contribution is -0.130. The van der Waals surface area contributed by atoms with Gasteiger partial charge in [-0.2, -0.15) is 15.0 Å². The number of nitrogens with zero attached hydrogens (tertiary/aromatic N) is 4. The first-order valence-electron chi connectivity index (χ1n) is 8.78.